The number of rotatable bonds is 4. The van der Waals surface area contributed by atoms with Crippen LogP contribution in [0.2, 0.25) is 0 Å². The van der Waals surface area contributed by atoms with Crippen LogP contribution in [0.3, 0.4) is 0 Å². The molecular formula is C19H14F4N4O2. The molecule has 0 amide bonds. The van der Waals surface area contributed by atoms with Crippen LogP contribution in [0.1, 0.15) is 11.1 Å². The van der Waals surface area contributed by atoms with Gasteiger partial charge in [-0.3, -0.25) is 0 Å². The van der Waals surface area contributed by atoms with E-state index in [4.69, 9.17) is 9.47 Å². The second kappa shape index (κ2) is 7.12. The van der Waals surface area contributed by atoms with Crippen LogP contribution < -0.4 is 20.1 Å². The van der Waals surface area contributed by atoms with Crippen LogP contribution in [0.4, 0.5) is 40.7 Å². The van der Waals surface area contributed by atoms with Gasteiger partial charge in [0.25, 0.3) is 0 Å². The van der Waals surface area contributed by atoms with Crippen molar-refractivity contribution in [1.82, 2.24) is 9.97 Å². The van der Waals surface area contributed by atoms with Gasteiger partial charge < -0.3 is 20.1 Å². The molecule has 0 aliphatic carbocycles. The zero-order chi connectivity index (χ0) is 20.6. The summed E-state index contributed by atoms with van der Waals surface area (Å²) in [6.45, 7) is 1.89. The number of nitrogens with zero attached hydrogens (tertiary/aromatic N) is 2. The summed E-state index contributed by atoms with van der Waals surface area (Å²) in [5, 5.41) is 5.58. The molecule has 0 atom stereocenters. The Hall–Kier alpha value is -3.56. The molecule has 2 N–H and O–H groups in total. The predicted octanol–water partition coefficient (Wildman–Crippen LogP) is 5.16. The van der Waals surface area contributed by atoms with Crippen molar-refractivity contribution in [3.8, 4) is 11.5 Å². The van der Waals surface area contributed by atoms with E-state index in [1.54, 1.807) is 25.1 Å². The normalized spacial score (nSPS) is 12.7. The third-order valence-corrected chi connectivity index (χ3v) is 4.16. The second-order valence-electron chi connectivity index (χ2n) is 6.21. The molecule has 6 nitrogen and oxygen atoms in total. The Balaban J connectivity index is 1.59. The van der Waals surface area contributed by atoms with E-state index >= 15 is 0 Å². The van der Waals surface area contributed by atoms with Crippen LogP contribution >= 0.6 is 0 Å². The van der Waals surface area contributed by atoms with E-state index in [-0.39, 0.29) is 18.4 Å². The van der Waals surface area contributed by atoms with Crippen molar-refractivity contribution in [2.24, 2.45) is 0 Å². The number of hydrogen-bond acceptors (Lipinski definition) is 6. The van der Waals surface area contributed by atoms with E-state index in [1.165, 1.54) is 12.3 Å². The molecule has 0 bridgehead atoms. The Morgan fingerprint density at radius 2 is 1.83 bits per heavy atom. The Morgan fingerprint density at radius 3 is 2.62 bits per heavy atom. The van der Waals surface area contributed by atoms with Crippen molar-refractivity contribution in [3.05, 3.63) is 59.5 Å². The maximum Gasteiger partial charge on any atom is 0.419 e. The Kier molecular flexibility index (Phi) is 4.61. The van der Waals surface area contributed by atoms with Gasteiger partial charge in [-0.1, -0.05) is 6.07 Å². The minimum absolute atomic E-state index is 0.0583. The lowest BCUT2D eigenvalue weighted by atomic mass is 10.2. The lowest BCUT2D eigenvalue weighted by molar-refractivity contribution is -0.139. The first kappa shape index (κ1) is 18.8. The molecule has 0 radical (unpaired) electrons. The lowest BCUT2D eigenvalue weighted by Crippen LogP contribution is -2.10. The molecule has 0 fully saturated rings. The number of ether oxygens (including phenoxy) is 2. The van der Waals surface area contributed by atoms with Crippen LogP contribution in [0.5, 0.6) is 11.5 Å². The van der Waals surface area contributed by atoms with Crippen molar-refractivity contribution in [2.45, 2.75) is 13.1 Å². The van der Waals surface area contributed by atoms with Gasteiger partial charge in [0.15, 0.2) is 17.3 Å². The van der Waals surface area contributed by atoms with Crippen LogP contribution in [0.15, 0.2) is 42.6 Å². The van der Waals surface area contributed by atoms with Crippen LogP contribution in [0.25, 0.3) is 0 Å². The summed E-state index contributed by atoms with van der Waals surface area (Å²) in [5.41, 5.74) is -0.406. The molecule has 0 saturated carbocycles. The Bertz CT molecular complexity index is 1070. The second-order valence-corrected chi connectivity index (χ2v) is 6.21. The highest BCUT2D eigenvalue weighted by Crippen LogP contribution is 2.36. The van der Waals surface area contributed by atoms with E-state index in [9.17, 15) is 17.6 Å². The molecule has 1 aliphatic heterocycles. The summed E-state index contributed by atoms with van der Waals surface area (Å²) < 4.78 is 63.5. The largest absolute Gasteiger partial charge is 0.454 e. The standard InChI is InChI=1S/C19H14F4N4O2/c1-10-8-24-18(26-13-4-2-3-12(16(13)20)19(21,22)23)27-17(10)25-11-5-6-14-15(7-11)29-9-28-14/h2-8H,9H2,1H3,(H2,24,25,26,27). The minimum atomic E-state index is -4.80. The molecule has 3 aromatic rings. The van der Waals surface area contributed by atoms with Crippen molar-refractivity contribution in [1.29, 1.82) is 0 Å². The third-order valence-electron chi connectivity index (χ3n) is 4.16. The van der Waals surface area contributed by atoms with E-state index in [0.717, 1.165) is 6.07 Å². The highest BCUT2D eigenvalue weighted by molar-refractivity contribution is 5.65. The number of aromatic nitrogens is 2. The smallest absolute Gasteiger partial charge is 0.419 e. The number of alkyl halides is 3. The molecular weight excluding hydrogens is 392 g/mol. The molecule has 2 aromatic carbocycles. The van der Waals surface area contributed by atoms with Crippen molar-refractivity contribution < 1.29 is 27.0 Å². The number of benzene rings is 2. The molecule has 29 heavy (non-hydrogen) atoms. The first-order valence-electron chi connectivity index (χ1n) is 8.44. The van der Waals surface area contributed by atoms with E-state index in [2.05, 4.69) is 20.6 Å². The lowest BCUT2D eigenvalue weighted by Gasteiger charge is -2.14. The molecule has 10 heteroatoms. The minimum Gasteiger partial charge on any atom is -0.454 e. The zero-order valence-electron chi connectivity index (χ0n) is 15.0. The maximum atomic E-state index is 14.2. The predicted molar refractivity (Wildman–Crippen MR) is 97.3 cm³/mol. The topological polar surface area (TPSA) is 68.3 Å². The number of anilines is 4. The molecule has 1 aliphatic rings. The van der Waals surface area contributed by atoms with Gasteiger partial charge in [0, 0.05) is 23.5 Å². The molecule has 0 saturated heterocycles. The molecule has 0 unspecified atom stereocenters. The van der Waals surface area contributed by atoms with Gasteiger partial charge in [0.05, 0.1) is 11.3 Å². The summed E-state index contributed by atoms with van der Waals surface area (Å²) in [7, 11) is 0. The number of halogens is 4. The molecule has 150 valence electrons. The molecule has 4 rings (SSSR count). The summed E-state index contributed by atoms with van der Waals surface area (Å²) in [5.74, 6) is 0.115. The van der Waals surface area contributed by atoms with Crippen LogP contribution in [-0.2, 0) is 6.18 Å². The Morgan fingerprint density at radius 1 is 1.03 bits per heavy atom. The van der Waals surface area contributed by atoms with Gasteiger partial charge in [0.1, 0.15) is 5.82 Å². The molecule has 2 heterocycles. The average molecular weight is 406 g/mol. The van der Waals surface area contributed by atoms with Crippen molar-refractivity contribution in [3.63, 3.8) is 0 Å². The van der Waals surface area contributed by atoms with Gasteiger partial charge >= 0.3 is 6.18 Å². The SMILES string of the molecule is Cc1cnc(Nc2cccc(C(F)(F)F)c2F)nc1Nc1ccc2c(c1)OCO2. The quantitative estimate of drug-likeness (QED) is 0.584. The first-order chi connectivity index (χ1) is 13.8. The van der Waals surface area contributed by atoms with E-state index in [1.807, 2.05) is 0 Å². The highest BCUT2D eigenvalue weighted by Gasteiger charge is 2.35. The average Bonchev–Trinajstić information content (AvgIpc) is 3.13. The number of fused-ring (bicyclic) bond motifs is 1. The van der Waals surface area contributed by atoms with Crippen LogP contribution in [-0.4, -0.2) is 16.8 Å². The summed E-state index contributed by atoms with van der Waals surface area (Å²) >= 11 is 0. The van der Waals surface area contributed by atoms with Crippen molar-refractivity contribution >= 4 is 23.1 Å². The summed E-state index contributed by atoms with van der Waals surface area (Å²) in [4.78, 5) is 8.25. The fourth-order valence-electron chi connectivity index (χ4n) is 2.71. The maximum absolute atomic E-state index is 14.2. The zero-order valence-corrected chi connectivity index (χ0v) is 15.0. The number of hydrogen-bond donors (Lipinski definition) is 2. The summed E-state index contributed by atoms with van der Waals surface area (Å²) in [6, 6.07) is 8.17. The fraction of sp³-hybridized carbons (Fsp3) is 0.158. The monoisotopic (exact) mass is 406 g/mol. The first-order valence-corrected chi connectivity index (χ1v) is 8.44. The van der Waals surface area contributed by atoms with Gasteiger partial charge in [-0.15, -0.1) is 0 Å². The number of aryl methyl sites for hydroxylation is 1. The molecule has 0 spiro atoms. The van der Waals surface area contributed by atoms with E-state index in [0.29, 0.717) is 34.6 Å². The van der Waals surface area contributed by atoms with Gasteiger partial charge in [-0.2, -0.15) is 18.2 Å². The fourth-order valence-corrected chi connectivity index (χ4v) is 2.71. The van der Waals surface area contributed by atoms with Crippen LogP contribution in [0, 0.1) is 12.7 Å². The number of nitrogens with one attached hydrogen (secondary N) is 2. The van der Waals surface area contributed by atoms with E-state index < -0.39 is 17.6 Å². The van der Waals surface area contributed by atoms with Gasteiger partial charge in [0.2, 0.25) is 12.7 Å². The highest BCUT2D eigenvalue weighted by atomic mass is 19.4. The van der Waals surface area contributed by atoms with Gasteiger partial charge in [-0.25, -0.2) is 9.37 Å². The van der Waals surface area contributed by atoms with Crippen molar-refractivity contribution in [2.75, 3.05) is 17.4 Å². The molecule has 1 aromatic heterocycles. The van der Waals surface area contributed by atoms with Gasteiger partial charge in [-0.05, 0) is 31.2 Å². The Labute approximate surface area is 162 Å². The third kappa shape index (κ3) is 3.86. The summed E-state index contributed by atoms with van der Waals surface area (Å²) in [6.07, 6.45) is -3.34.